The van der Waals surface area contributed by atoms with E-state index in [1.165, 1.54) is 7.11 Å². The minimum Gasteiger partial charge on any atom is -0.469 e. The van der Waals surface area contributed by atoms with Gasteiger partial charge in [0, 0.05) is 5.56 Å². The number of rotatable bonds is 6. The Bertz CT molecular complexity index is 452. The van der Waals surface area contributed by atoms with Crippen LogP contribution in [0.5, 0.6) is 0 Å². The van der Waals surface area contributed by atoms with E-state index in [1.807, 2.05) is 39.3 Å². The van der Waals surface area contributed by atoms with Crippen molar-refractivity contribution in [1.29, 1.82) is 0 Å². The van der Waals surface area contributed by atoms with Crippen LogP contribution in [0.25, 0.3) is 0 Å². The number of hydrogen-bond acceptors (Lipinski definition) is 3. The highest BCUT2D eigenvalue weighted by Crippen LogP contribution is 2.04. The maximum atomic E-state index is 12.1. The highest BCUT2D eigenvalue weighted by Gasteiger charge is 2.23. The highest BCUT2D eigenvalue weighted by molar-refractivity contribution is 5.94. The lowest BCUT2D eigenvalue weighted by Crippen LogP contribution is -2.49. The third-order valence-electron chi connectivity index (χ3n) is 2.78. The lowest BCUT2D eigenvalue weighted by atomic mass is 10.1. The maximum Gasteiger partial charge on any atom is 0.307 e. The summed E-state index contributed by atoms with van der Waals surface area (Å²) in [5, 5.41) is 2.90. The van der Waals surface area contributed by atoms with E-state index in [1.54, 1.807) is 12.1 Å². The highest BCUT2D eigenvalue weighted by atomic mass is 16.5. The quantitative estimate of drug-likeness (QED) is 0.625. The van der Waals surface area contributed by atoms with Crippen molar-refractivity contribution in [1.82, 2.24) is 5.32 Å². The molecule has 20 heavy (non-hydrogen) atoms. The molecule has 5 heteroatoms. The molecule has 1 aromatic carbocycles. The monoisotopic (exact) mass is 279 g/mol. The van der Waals surface area contributed by atoms with Crippen molar-refractivity contribution >= 4 is 11.9 Å². The molecule has 0 aliphatic rings. The van der Waals surface area contributed by atoms with Gasteiger partial charge in [0.1, 0.15) is 0 Å². The summed E-state index contributed by atoms with van der Waals surface area (Å²) in [7, 11) is 7.39. The molecule has 1 rings (SSSR count). The minimum absolute atomic E-state index is 0.171. The summed E-state index contributed by atoms with van der Waals surface area (Å²) in [5.41, 5.74) is 0.587. The van der Waals surface area contributed by atoms with Crippen LogP contribution in [0.4, 0.5) is 0 Å². The molecule has 0 saturated heterocycles. The number of quaternary nitrogens is 1. The van der Waals surface area contributed by atoms with Gasteiger partial charge in [0.15, 0.2) is 0 Å². The number of amides is 1. The molecule has 110 valence electrons. The zero-order chi connectivity index (χ0) is 15.2. The molecule has 1 aromatic rings. The molecular formula is C15H23N2O3+. The van der Waals surface area contributed by atoms with Gasteiger partial charge in [-0.1, -0.05) is 18.2 Å². The molecule has 1 amide bonds. The number of methoxy groups -OCH3 is 1. The second-order valence-corrected chi connectivity index (χ2v) is 5.79. The Labute approximate surface area is 120 Å². The standard InChI is InChI=1S/C15H22N2O3/c1-17(2,3)11-13(10-14(18)20-4)16-15(19)12-8-6-5-7-9-12/h5-9,13H,10-11H2,1-4H3/p+1. The zero-order valence-corrected chi connectivity index (χ0v) is 12.6. The predicted octanol–water partition coefficient (Wildman–Crippen LogP) is 1.05. The van der Waals surface area contributed by atoms with E-state index in [-0.39, 0.29) is 24.3 Å². The Kier molecular flexibility index (Phi) is 5.70. The molecule has 1 unspecified atom stereocenters. The van der Waals surface area contributed by atoms with Gasteiger partial charge in [-0.2, -0.15) is 0 Å². The lowest BCUT2D eigenvalue weighted by molar-refractivity contribution is -0.871. The van der Waals surface area contributed by atoms with Gasteiger partial charge in [0.2, 0.25) is 0 Å². The third kappa shape index (κ3) is 5.84. The summed E-state index contributed by atoms with van der Waals surface area (Å²) in [6.45, 7) is 0.647. The third-order valence-corrected chi connectivity index (χ3v) is 2.78. The summed E-state index contributed by atoms with van der Waals surface area (Å²) in [5.74, 6) is -0.496. The van der Waals surface area contributed by atoms with Gasteiger partial charge < -0.3 is 14.5 Å². The van der Waals surface area contributed by atoms with Crippen molar-refractivity contribution in [3.05, 3.63) is 35.9 Å². The van der Waals surface area contributed by atoms with E-state index in [0.29, 0.717) is 16.6 Å². The fraction of sp³-hybridized carbons (Fsp3) is 0.467. The number of benzene rings is 1. The fourth-order valence-electron chi connectivity index (χ4n) is 1.97. The fourth-order valence-corrected chi connectivity index (χ4v) is 1.97. The van der Waals surface area contributed by atoms with Crippen LogP contribution in [0.3, 0.4) is 0 Å². The molecular weight excluding hydrogens is 256 g/mol. The first-order valence-corrected chi connectivity index (χ1v) is 6.55. The van der Waals surface area contributed by atoms with Crippen LogP contribution < -0.4 is 5.32 Å². The van der Waals surface area contributed by atoms with Crippen molar-refractivity contribution in [3.63, 3.8) is 0 Å². The van der Waals surface area contributed by atoms with Crippen LogP contribution in [0.2, 0.25) is 0 Å². The molecule has 0 aromatic heterocycles. The van der Waals surface area contributed by atoms with Gasteiger partial charge in [0.25, 0.3) is 5.91 Å². The van der Waals surface area contributed by atoms with Crippen LogP contribution in [-0.2, 0) is 9.53 Å². The van der Waals surface area contributed by atoms with Crippen molar-refractivity contribution in [2.45, 2.75) is 12.5 Å². The van der Waals surface area contributed by atoms with Crippen LogP contribution >= 0.6 is 0 Å². The molecule has 0 aliphatic carbocycles. The van der Waals surface area contributed by atoms with E-state index in [2.05, 4.69) is 10.1 Å². The SMILES string of the molecule is COC(=O)CC(C[N+](C)(C)C)NC(=O)c1ccccc1. The van der Waals surface area contributed by atoms with Gasteiger partial charge in [-0.3, -0.25) is 9.59 Å². The van der Waals surface area contributed by atoms with Crippen LogP contribution in [0.15, 0.2) is 30.3 Å². The van der Waals surface area contributed by atoms with Crippen molar-refractivity contribution in [2.24, 2.45) is 0 Å². The van der Waals surface area contributed by atoms with E-state index in [4.69, 9.17) is 0 Å². The molecule has 0 heterocycles. The minimum atomic E-state index is -0.322. The molecule has 1 atom stereocenters. The van der Waals surface area contributed by atoms with E-state index in [0.717, 1.165) is 0 Å². The number of carbonyl (C=O) groups is 2. The molecule has 0 bridgehead atoms. The Hall–Kier alpha value is -1.88. The second-order valence-electron chi connectivity index (χ2n) is 5.79. The van der Waals surface area contributed by atoms with Gasteiger partial charge in [-0.15, -0.1) is 0 Å². The first-order valence-electron chi connectivity index (χ1n) is 6.55. The average Bonchev–Trinajstić information content (AvgIpc) is 2.37. The summed E-state index contributed by atoms with van der Waals surface area (Å²) in [6.07, 6.45) is 0.171. The largest absolute Gasteiger partial charge is 0.469 e. The Morgan fingerprint density at radius 1 is 1.20 bits per heavy atom. The van der Waals surface area contributed by atoms with E-state index < -0.39 is 0 Å². The molecule has 1 N–H and O–H groups in total. The molecule has 0 radical (unpaired) electrons. The number of hydrogen-bond donors (Lipinski definition) is 1. The summed E-state index contributed by atoms with van der Waals surface area (Å²) < 4.78 is 5.33. The lowest BCUT2D eigenvalue weighted by Gasteiger charge is -2.29. The number of ether oxygens (including phenoxy) is 1. The number of nitrogens with one attached hydrogen (secondary N) is 1. The molecule has 0 aliphatic heterocycles. The summed E-state index contributed by atoms with van der Waals surface area (Å²) in [4.78, 5) is 23.6. The maximum absolute atomic E-state index is 12.1. The summed E-state index contributed by atoms with van der Waals surface area (Å²) >= 11 is 0. The van der Waals surface area contributed by atoms with E-state index in [9.17, 15) is 9.59 Å². The van der Waals surface area contributed by atoms with Crippen LogP contribution in [-0.4, -0.2) is 57.2 Å². The van der Waals surface area contributed by atoms with Gasteiger partial charge >= 0.3 is 5.97 Å². The Morgan fingerprint density at radius 3 is 2.30 bits per heavy atom. The van der Waals surface area contributed by atoms with Crippen LogP contribution in [0, 0.1) is 0 Å². The normalized spacial score (nSPS) is 12.6. The van der Waals surface area contributed by atoms with Crippen molar-refractivity contribution in [2.75, 3.05) is 34.8 Å². The van der Waals surface area contributed by atoms with Crippen LogP contribution in [0.1, 0.15) is 16.8 Å². The zero-order valence-electron chi connectivity index (χ0n) is 12.6. The number of esters is 1. The Morgan fingerprint density at radius 2 is 1.80 bits per heavy atom. The van der Waals surface area contributed by atoms with Gasteiger partial charge in [-0.25, -0.2) is 0 Å². The first-order chi connectivity index (χ1) is 9.31. The topological polar surface area (TPSA) is 55.4 Å². The van der Waals surface area contributed by atoms with Gasteiger partial charge in [0.05, 0.1) is 47.3 Å². The summed E-state index contributed by atoms with van der Waals surface area (Å²) in [6, 6.07) is 8.71. The van der Waals surface area contributed by atoms with Gasteiger partial charge in [-0.05, 0) is 12.1 Å². The molecule has 5 nitrogen and oxygen atoms in total. The van der Waals surface area contributed by atoms with Crippen molar-refractivity contribution in [3.8, 4) is 0 Å². The first kappa shape index (κ1) is 16.2. The molecule has 0 spiro atoms. The predicted molar refractivity (Wildman–Crippen MR) is 77.2 cm³/mol. The number of carbonyl (C=O) groups excluding carboxylic acids is 2. The van der Waals surface area contributed by atoms with Crippen molar-refractivity contribution < 1.29 is 18.8 Å². The number of nitrogens with zero attached hydrogens (tertiary/aromatic N) is 1. The smallest absolute Gasteiger partial charge is 0.307 e. The average molecular weight is 279 g/mol. The molecule has 0 fully saturated rings. The van der Waals surface area contributed by atoms with E-state index >= 15 is 0 Å². The Balaban J connectivity index is 2.73. The molecule has 0 saturated carbocycles. The second kappa shape index (κ2) is 7.05. The number of likely N-dealkylation sites (N-methyl/N-ethyl adjacent to an activating group) is 1.